The van der Waals surface area contributed by atoms with E-state index in [0.29, 0.717) is 0 Å². The van der Waals surface area contributed by atoms with Crippen LogP contribution in [0.15, 0.2) is 84.0 Å². The predicted molar refractivity (Wildman–Crippen MR) is 109 cm³/mol. The van der Waals surface area contributed by atoms with Crippen molar-refractivity contribution in [3.8, 4) is 11.8 Å². The lowest BCUT2D eigenvalue weighted by Gasteiger charge is -2.26. The molecule has 4 rings (SSSR count). The number of nitrogens with zero attached hydrogens (tertiary/aromatic N) is 2. The number of benzene rings is 3. The Bertz CT molecular complexity index is 978. The minimum Gasteiger partial charge on any atom is -0.265 e. The number of fused-ring (bicyclic) bond motifs is 1. The molecule has 0 aliphatic carbocycles. The molecule has 2 heteroatoms. The van der Waals surface area contributed by atoms with Gasteiger partial charge in [-0.15, -0.1) is 0 Å². The standard InChI is InChI=1S/C24H20N2/c1-2-9-20(10-3-1)16-17-21-11-4-5-13-23(21)19-25-26-18-8-14-22-12-6-7-15-24(22)26/h1-7,9-13,15,19H,8,14,18H2/b25-19+. The summed E-state index contributed by atoms with van der Waals surface area (Å²) < 4.78 is 0. The van der Waals surface area contributed by atoms with Crippen LogP contribution in [0.4, 0.5) is 5.69 Å². The first-order valence-electron chi connectivity index (χ1n) is 8.96. The fourth-order valence-electron chi connectivity index (χ4n) is 3.15. The number of rotatable bonds is 2. The van der Waals surface area contributed by atoms with Gasteiger partial charge in [-0.05, 0) is 42.7 Å². The third-order valence-corrected chi connectivity index (χ3v) is 4.50. The number of para-hydroxylation sites is 1. The van der Waals surface area contributed by atoms with Crippen molar-refractivity contribution in [2.75, 3.05) is 11.6 Å². The molecule has 0 N–H and O–H groups in total. The van der Waals surface area contributed by atoms with Gasteiger partial charge in [0.25, 0.3) is 0 Å². The van der Waals surface area contributed by atoms with E-state index >= 15 is 0 Å². The van der Waals surface area contributed by atoms with Gasteiger partial charge in [-0.3, -0.25) is 5.01 Å². The lowest BCUT2D eigenvalue weighted by molar-refractivity contribution is 0.717. The van der Waals surface area contributed by atoms with Crippen molar-refractivity contribution in [1.29, 1.82) is 0 Å². The van der Waals surface area contributed by atoms with E-state index in [-0.39, 0.29) is 0 Å². The molecule has 0 spiro atoms. The highest BCUT2D eigenvalue weighted by molar-refractivity contribution is 5.84. The van der Waals surface area contributed by atoms with Crippen LogP contribution < -0.4 is 5.01 Å². The maximum absolute atomic E-state index is 4.75. The summed E-state index contributed by atoms with van der Waals surface area (Å²) >= 11 is 0. The smallest absolute Gasteiger partial charge is 0.0625 e. The predicted octanol–water partition coefficient (Wildman–Crippen LogP) is 4.87. The molecule has 3 aromatic carbocycles. The van der Waals surface area contributed by atoms with Crippen molar-refractivity contribution in [3.05, 3.63) is 101 Å². The van der Waals surface area contributed by atoms with Gasteiger partial charge in [0.05, 0.1) is 11.9 Å². The summed E-state index contributed by atoms with van der Waals surface area (Å²) in [7, 11) is 0. The van der Waals surface area contributed by atoms with Crippen LogP contribution in [-0.4, -0.2) is 12.8 Å². The molecule has 0 fully saturated rings. The van der Waals surface area contributed by atoms with E-state index in [4.69, 9.17) is 5.10 Å². The Hall–Kier alpha value is -3.31. The highest BCUT2D eigenvalue weighted by Crippen LogP contribution is 2.26. The molecule has 0 radical (unpaired) electrons. The van der Waals surface area contributed by atoms with Gasteiger partial charge in [0.15, 0.2) is 0 Å². The zero-order valence-electron chi connectivity index (χ0n) is 14.6. The Balaban J connectivity index is 1.60. The van der Waals surface area contributed by atoms with Crippen LogP contribution in [0.1, 0.15) is 28.7 Å². The molecule has 0 amide bonds. The van der Waals surface area contributed by atoms with Gasteiger partial charge in [-0.25, -0.2) is 0 Å². The summed E-state index contributed by atoms with van der Waals surface area (Å²) in [6.45, 7) is 0.950. The van der Waals surface area contributed by atoms with E-state index < -0.39 is 0 Å². The number of hydrogen-bond donors (Lipinski definition) is 0. The quantitative estimate of drug-likeness (QED) is 0.481. The van der Waals surface area contributed by atoms with Gasteiger partial charge in [0, 0.05) is 23.2 Å². The van der Waals surface area contributed by atoms with E-state index in [9.17, 15) is 0 Å². The molecule has 1 aliphatic rings. The zero-order valence-corrected chi connectivity index (χ0v) is 14.6. The van der Waals surface area contributed by atoms with E-state index in [2.05, 4.69) is 47.2 Å². The van der Waals surface area contributed by atoms with Crippen molar-refractivity contribution in [2.45, 2.75) is 12.8 Å². The Labute approximate surface area is 154 Å². The molecule has 2 nitrogen and oxygen atoms in total. The average molecular weight is 336 g/mol. The molecule has 0 saturated heterocycles. The van der Waals surface area contributed by atoms with Crippen LogP contribution in [0.3, 0.4) is 0 Å². The topological polar surface area (TPSA) is 15.6 Å². The van der Waals surface area contributed by atoms with Gasteiger partial charge in [-0.2, -0.15) is 5.10 Å². The summed E-state index contributed by atoms with van der Waals surface area (Å²) in [5.41, 5.74) is 5.63. The fraction of sp³-hybridized carbons (Fsp3) is 0.125. The van der Waals surface area contributed by atoms with E-state index in [1.807, 2.05) is 54.7 Å². The van der Waals surface area contributed by atoms with Crippen molar-refractivity contribution in [2.24, 2.45) is 5.10 Å². The second-order valence-electron chi connectivity index (χ2n) is 6.30. The minimum absolute atomic E-state index is 0.950. The fourth-order valence-corrected chi connectivity index (χ4v) is 3.15. The lowest BCUT2D eigenvalue weighted by Crippen LogP contribution is -2.24. The minimum atomic E-state index is 0.950. The van der Waals surface area contributed by atoms with Crippen LogP contribution in [0.25, 0.3) is 0 Å². The zero-order chi connectivity index (χ0) is 17.6. The number of hydrogen-bond acceptors (Lipinski definition) is 2. The summed E-state index contributed by atoms with van der Waals surface area (Å²) in [6.07, 6.45) is 4.18. The molecule has 3 aromatic rings. The lowest BCUT2D eigenvalue weighted by atomic mass is 10.0. The van der Waals surface area contributed by atoms with Crippen LogP contribution >= 0.6 is 0 Å². The first-order valence-corrected chi connectivity index (χ1v) is 8.96. The first-order chi connectivity index (χ1) is 12.9. The molecule has 0 atom stereocenters. The summed E-state index contributed by atoms with van der Waals surface area (Å²) in [4.78, 5) is 0. The SMILES string of the molecule is C(#Cc1ccccc1/C=N/N1CCCc2ccccc21)c1ccccc1. The second-order valence-corrected chi connectivity index (χ2v) is 6.30. The molecule has 26 heavy (non-hydrogen) atoms. The van der Waals surface area contributed by atoms with Gasteiger partial charge in [0.2, 0.25) is 0 Å². The van der Waals surface area contributed by atoms with Crippen LogP contribution in [0.5, 0.6) is 0 Å². The molecule has 126 valence electrons. The maximum atomic E-state index is 4.75. The van der Waals surface area contributed by atoms with E-state index in [1.165, 1.54) is 11.3 Å². The van der Waals surface area contributed by atoms with Gasteiger partial charge in [0.1, 0.15) is 0 Å². The number of anilines is 1. The average Bonchev–Trinajstić information content (AvgIpc) is 2.72. The van der Waals surface area contributed by atoms with Crippen LogP contribution in [0, 0.1) is 11.8 Å². The molecular formula is C24H20N2. The van der Waals surface area contributed by atoms with Crippen molar-refractivity contribution >= 4 is 11.9 Å². The molecule has 0 unspecified atom stereocenters. The normalized spacial score (nSPS) is 13.2. The van der Waals surface area contributed by atoms with Gasteiger partial charge < -0.3 is 0 Å². The van der Waals surface area contributed by atoms with Crippen LogP contribution in [-0.2, 0) is 6.42 Å². The van der Waals surface area contributed by atoms with Crippen molar-refractivity contribution in [1.82, 2.24) is 0 Å². The Morgan fingerprint density at radius 2 is 1.58 bits per heavy atom. The third-order valence-electron chi connectivity index (χ3n) is 4.50. The Morgan fingerprint density at radius 3 is 2.50 bits per heavy atom. The molecule has 0 bridgehead atoms. The summed E-state index contributed by atoms with van der Waals surface area (Å²) in [6, 6.07) is 26.7. The van der Waals surface area contributed by atoms with E-state index in [1.54, 1.807) is 0 Å². The summed E-state index contributed by atoms with van der Waals surface area (Å²) in [5, 5.41) is 6.85. The molecule has 1 aliphatic heterocycles. The molecule has 0 aromatic heterocycles. The molecule has 0 saturated carbocycles. The third kappa shape index (κ3) is 3.68. The van der Waals surface area contributed by atoms with Crippen molar-refractivity contribution in [3.63, 3.8) is 0 Å². The van der Waals surface area contributed by atoms with Crippen molar-refractivity contribution < 1.29 is 0 Å². The van der Waals surface area contributed by atoms with Crippen LogP contribution in [0.2, 0.25) is 0 Å². The maximum Gasteiger partial charge on any atom is 0.0625 e. The first kappa shape index (κ1) is 16.2. The Kier molecular flexibility index (Phi) is 4.80. The van der Waals surface area contributed by atoms with Gasteiger partial charge in [-0.1, -0.05) is 66.4 Å². The number of aryl methyl sites for hydroxylation is 1. The molecule has 1 heterocycles. The number of hydrazone groups is 1. The van der Waals surface area contributed by atoms with E-state index in [0.717, 1.165) is 36.1 Å². The monoisotopic (exact) mass is 336 g/mol. The summed E-state index contributed by atoms with van der Waals surface area (Å²) in [5.74, 6) is 6.51. The second kappa shape index (κ2) is 7.72. The highest BCUT2D eigenvalue weighted by atomic mass is 15.5. The largest absolute Gasteiger partial charge is 0.265 e. The Morgan fingerprint density at radius 1 is 0.808 bits per heavy atom. The molecular weight excluding hydrogens is 316 g/mol. The van der Waals surface area contributed by atoms with Gasteiger partial charge >= 0.3 is 0 Å². The highest BCUT2D eigenvalue weighted by Gasteiger charge is 2.14.